The Morgan fingerprint density at radius 3 is 2.47 bits per heavy atom. The van der Waals surface area contributed by atoms with Crippen LogP contribution in [0.2, 0.25) is 0 Å². The molecule has 0 saturated heterocycles. The van der Waals surface area contributed by atoms with Crippen LogP contribution in [0.1, 0.15) is 36.6 Å². The number of rotatable bonds is 4. The van der Waals surface area contributed by atoms with Crippen molar-refractivity contribution >= 4 is 27.3 Å². The highest BCUT2D eigenvalue weighted by Crippen LogP contribution is 2.37. The molecule has 0 bridgehead atoms. The molecule has 1 heterocycles. The Morgan fingerprint density at radius 1 is 1.29 bits per heavy atom. The second kappa shape index (κ2) is 6.32. The summed E-state index contributed by atoms with van der Waals surface area (Å²) in [6.07, 6.45) is 5.27. The first-order valence-electron chi connectivity index (χ1n) is 6.33. The highest BCUT2D eigenvalue weighted by atomic mass is 79.9. The summed E-state index contributed by atoms with van der Waals surface area (Å²) < 4.78 is 1.21. The summed E-state index contributed by atoms with van der Waals surface area (Å²) in [6.45, 7) is 0. The van der Waals surface area contributed by atoms with Gasteiger partial charge in [0.15, 0.2) is 0 Å². The Balaban J connectivity index is 2.00. The van der Waals surface area contributed by atoms with Crippen LogP contribution in [-0.2, 0) is 0 Å². The quantitative estimate of drug-likeness (QED) is 0.887. The number of hydrogen-bond acceptors (Lipinski definition) is 3. The fourth-order valence-electron chi connectivity index (χ4n) is 2.84. The zero-order valence-electron chi connectivity index (χ0n) is 10.5. The topological polar surface area (TPSA) is 24.1 Å². The smallest absolute Gasteiger partial charge is 0.0441 e. The van der Waals surface area contributed by atoms with Gasteiger partial charge in [-0.2, -0.15) is 0 Å². The minimum absolute atomic E-state index is 0.532. The van der Waals surface area contributed by atoms with Gasteiger partial charge in [0.1, 0.15) is 0 Å². The third-order valence-corrected chi connectivity index (χ3v) is 5.63. The van der Waals surface area contributed by atoms with Gasteiger partial charge in [0.2, 0.25) is 0 Å². The zero-order chi connectivity index (χ0) is 12.3. The number of halogens is 1. The van der Waals surface area contributed by atoms with E-state index in [1.54, 1.807) is 0 Å². The largest absolute Gasteiger partial charge is 0.317 e. The van der Waals surface area contributed by atoms with Gasteiger partial charge in [-0.1, -0.05) is 0 Å². The first-order valence-corrected chi connectivity index (χ1v) is 8.00. The van der Waals surface area contributed by atoms with E-state index in [2.05, 4.69) is 52.1 Å². The molecule has 17 heavy (non-hydrogen) atoms. The summed E-state index contributed by atoms with van der Waals surface area (Å²) in [5, 5.41) is 9.08. The SMILES string of the molecule is CNC1CCC(C(NC)c2cc(Br)cs2)CC1. The second-order valence-electron chi connectivity index (χ2n) is 4.83. The molecule has 1 aromatic heterocycles. The van der Waals surface area contributed by atoms with Crippen molar-refractivity contribution < 1.29 is 0 Å². The Hall–Kier alpha value is 0.1000. The second-order valence-corrected chi connectivity index (χ2v) is 6.69. The molecule has 0 radical (unpaired) electrons. The normalized spacial score (nSPS) is 27.0. The molecule has 1 aliphatic carbocycles. The lowest BCUT2D eigenvalue weighted by molar-refractivity contribution is 0.250. The lowest BCUT2D eigenvalue weighted by Gasteiger charge is -2.33. The van der Waals surface area contributed by atoms with Crippen LogP contribution in [0.15, 0.2) is 15.9 Å². The molecule has 0 spiro atoms. The van der Waals surface area contributed by atoms with Gasteiger partial charge < -0.3 is 10.6 Å². The van der Waals surface area contributed by atoms with Gasteiger partial charge in [-0.15, -0.1) is 11.3 Å². The van der Waals surface area contributed by atoms with E-state index in [1.165, 1.54) is 35.0 Å². The molecule has 96 valence electrons. The summed E-state index contributed by atoms with van der Waals surface area (Å²) in [5.41, 5.74) is 0. The molecule has 1 aliphatic rings. The van der Waals surface area contributed by atoms with E-state index in [4.69, 9.17) is 0 Å². The van der Waals surface area contributed by atoms with Crippen LogP contribution in [0, 0.1) is 5.92 Å². The van der Waals surface area contributed by atoms with Crippen molar-refractivity contribution in [1.82, 2.24) is 10.6 Å². The summed E-state index contributed by atoms with van der Waals surface area (Å²) in [5.74, 6) is 0.787. The van der Waals surface area contributed by atoms with Crippen molar-refractivity contribution in [2.45, 2.75) is 37.8 Å². The van der Waals surface area contributed by atoms with E-state index in [9.17, 15) is 0 Å². The molecule has 0 aromatic carbocycles. The summed E-state index contributed by atoms with van der Waals surface area (Å²) in [4.78, 5) is 1.47. The van der Waals surface area contributed by atoms with Gasteiger partial charge in [-0.05, 0) is 67.7 Å². The van der Waals surface area contributed by atoms with Crippen molar-refractivity contribution in [3.63, 3.8) is 0 Å². The molecule has 2 N–H and O–H groups in total. The number of hydrogen-bond donors (Lipinski definition) is 2. The van der Waals surface area contributed by atoms with Crippen LogP contribution in [-0.4, -0.2) is 20.1 Å². The van der Waals surface area contributed by atoms with Crippen LogP contribution in [0.4, 0.5) is 0 Å². The molecular weight excluding hydrogens is 296 g/mol. The molecule has 4 heteroatoms. The van der Waals surface area contributed by atoms with E-state index in [1.807, 2.05) is 11.3 Å². The maximum absolute atomic E-state index is 3.55. The fraction of sp³-hybridized carbons (Fsp3) is 0.692. The number of thiophene rings is 1. The molecule has 1 fully saturated rings. The van der Waals surface area contributed by atoms with E-state index >= 15 is 0 Å². The summed E-state index contributed by atoms with van der Waals surface area (Å²) in [7, 11) is 4.17. The average Bonchev–Trinajstić information content (AvgIpc) is 2.78. The maximum atomic E-state index is 3.55. The summed E-state index contributed by atoms with van der Waals surface area (Å²) >= 11 is 5.40. The van der Waals surface area contributed by atoms with Crippen molar-refractivity contribution in [1.29, 1.82) is 0 Å². The van der Waals surface area contributed by atoms with Crippen molar-refractivity contribution in [3.05, 3.63) is 20.8 Å². The standard InChI is InChI=1S/C13H21BrN2S/c1-15-11-5-3-9(4-6-11)13(16-2)12-7-10(14)8-17-12/h7-9,11,13,15-16H,3-6H2,1-2H3. The zero-order valence-corrected chi connectivity index (χ0v) is 12.9. The fourth-order valence-corrected chi connectivity index (χ4v) is 4.49. The van der Waals surface area contributed by atoms with Gasteiger partial charge in [-0.25, -0.2) is 0 Å². The molecule has 0 amide bonds. The molecule has 0 aliphatic heterocycles. The van der Waals surface area contributed by atoms with Gasteiger partial charge in [0.05, 0.1) is 0 Å². The van der Waals surface area contributed by atoms with Gasteiger partial charge in [-0.3, -0.25) is 0 Å². The molecule has 1 saturated carbocycles. The monoisotopic (exact) mass is 316 g/mol. The highest BCUT2D eigenvalue weighted by Gasteiger charge is 2.27. The lowest BCUT2D eigenvalue weighted by atomic mass is 9.81. The molecule has 1 atom stereocenters. The minimum atomic E-state index is 0.532. The maximum Gasteiger partial charge on any atom is 0.0441 e. The van der Waals surface area contributed by atoms with Crippen LogP contribution >= 0.6 is 27.3 Å². The predicted octanol–water partition coefficient (Wildman–Crippen LogP) is 3.55. The average molecular weight is 317 g/mol. The Kier molecular flexibility index (Phi) is 5.03. The van der Waals surface area contributed by atoms with Crippen LogP contribution in [0.5, 0.6) is 0 Å². The van der Waals surface area contributed by atoms with Crippen molar-refractivity contribution in [3.8, 4) is 0 Å². The lowest BCUT2D eigenvalue weighted by Crippen LogP contribution is -2.34. The highest BCUT2D eigenvalue weighted by molar-refractivity contribution is 9.10. The van der Waals surface area contributed by atoms with E-state index < -0.39 is 0 Å². The van der Waals surface area contributed by atoms with Gasteiger partial charge in [0, 0.05) is 26.8 Å². The molecule has 1 aromatic rings. The van der Waals surface area contributed by atoms with Crippen LogP contribution in [0.25, 0.3) is 0 Å². The van der Waals surface area contributed by atoms with E-state index in [0.717, 1.165) is 12.0 Å². The van der Waals surface area contributed by atoms with Crippen LogP contribution in [0.3, 0.4) is 0 Å². The predicted molar refractivity (Wildman–Crippen MR) is 78.6 cm³/mol. The molecule has 2 rings (SSSR count). The minimum Gasteiger partial charge on any atom is -0.317 e. The molecule has 1 unspecified atom stereocenters. The summed E-state index contributed by atoms with van der Waals surface area (Å²) in [6, 6.07) is 3.53. The molecule has 2 nitrogen and oxygen atoms in total. The number of nitrogens with one attached hydrogen (secondary N) is 2. The van der Waals surface area contributed by atoms with Crippen LogP contribution < -0.4 is 10.6 Å². The van der Waals surface area contributed by atoms with Crippen molar-refractivity contribution in [2.24, 2.45) is 5.92 Å². The van der Waals surface area contributed by atoms with Gasteiger partial charge >= 0.3 is 0 Å². The van der Waals surface area contributed by atoms with E-state index in [-0.39, 0.29) is 0 Å². The van der Waals surface area contributed by atoms with Crippen molar-refractivity contribution in [2.75, 3.05) is 14.1 Å². The third kappa shape index (κ3) is 3.31. The third-order valence-electron chi connectivity index (χ3n) is 3.86. The van der Waals surface area contributed by atoms with Gasteiger partial charge in [0.25, 0.3) is 0 Å². The Morgan fingerprint density at radius 2 is 2.00 bits per heavy atom. The van der Waals surface area contributed by atoms with E-state index in [0.29, 0.717) is 6.04 Å². The molecular formula is C13H21BrN2S. The first kappa shape index (κ1) is 13.5. The Labute approximate surface area is 116 Å². The first-order chi connectivity index (χ1) is 8.24. The Bertz CT molecular complexity index is 345.